The summed E-state index contributed by atoms with van der Waals surface area (Å²) in [5.74, 6) is 0. The number of rotatable bonds is 8. The largest absolute Gasteiger partial charge is 0.107 e. The molecule has 29 heavy (non-hydrogen) atoms. The first-order valence-electron chi connectivity index (χ1n) is 8.75. The summed E-state index contributed by atoms with van der Waals surface area (Å²) in [6.45, 7) is 4.45. The van der Waals surface area contributed by atoms with Crippen molar-refractivity contribution in [3.8, 4) is 0 Å². The topological polar surface area (TPSA) is 0 Å². The maximum absolute atomic E-state index is 4.00. The first-order chi connectivity index (χ1) is 13.1. The van der Waals surface area contributed by atoms with Crippen molar-refractivity contribution < 1.29 is 0 Å². The van der Waals surface area contributed by atoms with Crippen LogP contribution in [0.4, 0.5) is 0 Å². The summed E-state index contributed by atoms with van der Waals surface area (Å²) in [5, 5.41) is 0. The van der Waals surface area contributed by atoms with E-state index in [0.717, 1.165) is 24.0 Å². The Morgan fingerprint density at radius 2 is 0.793 bits per heavy atom. The van der Waals surface area contributed by atoms with Crippen LogP contribution in [0.3, 0.4) is 0 Å². The average Bonchev–Trinajstić information content (AvgIpc) is 2.61. The molecule has 8 heteroatoms. The molecule has 0 saturated carbocycles. The lowest BCUT2D eigenvalue weighted by Gasteiger charge is -2.50. The van der Waals surface area contributed by atoms with Crippen molar-refractivity contribution in [3.05, 3.63) is 71.8 Å². The van der Waals surface area contributed by atoms with Gasteiger partial charge in [-0.05, 0) is 11.1 Å². The Morgan fingerprint density at radius 3 is 1.07 bits per heavy atom. The summed E-state index contributed by atoms with van der Waals surface area (Å²) >= 11 is 31.6. The molecule has 0 aliphatic carbocycles. The van der Waals surface area contributed by atoms with E-state index in [1.807, 2.05) is 36.4 Å². The number of alkyl halides is 8. The van der Waals surface area contributed by atoms with Crippen LogP contribution in [0.2, 0.25) is 0 Å². The molecule has 2 aromatic carbocycles. The first kappa shape index (κ1) is 27.5. The lowest BCUT2D eigenvalue weighted by molar-refractivity contribution is 0.285. The SMILES string of the molecule is CC(C)(C(Br)(Br)CC(Br)(Br)c1ccccc1)C(Br)(Br)CC(Br)(Br)c1ccccc1. The van der Waals surface area contributed by atoms with E-state index in [0.29, 0.717) is 0 Å². The molecule has 0 N–H and O–H groups in total. The molecule has 160 valence electrons. The Hall–Kier alpha value is 2.28. The molecule has 0 nitrogen and oxygen atoms in total. The maximum Gasteiger partial charge on any atom is 0.107 e. The van der Waals surface area contributed by atoms with Gasteiger partial charge in [0.1, 0.15) is 6.47 Å². The molecule has 0 saturated heterocycles. The predicted molar refractivity (Wildman–Crippen MR) is 156 cm³/mol. The van der Waals surface area contributed by atoms with Gasteiger partial charge in [0.25, 0.3) is 0 Å². The fourth-order valence-electron chi connectivity index (χ4n) is 2.84. The first-order valence-corrected chi connectivity index (χ1v) is 15.1. The van der Waals surface area contributed by atoms with Gasteiger partial charge in [-0.25, -0.2) is 0 Å². The summed E-state index contributed by atoms with van der Waals surface area (Å²) < 4.78 is -1.62. The average molecular weight is 912 g/mol. The summed E-state index contributed by atoms with van der Waals surface area (Å²) in [6.07, 6.45) is 1.47. The van der Waals surface area contributed by atoms with Crippen molar-refractivity contribution in [3.63, 3.8) is 0 Å². The molecular weight excluding hydrogens is 891 g/mol. The third kappa shape index (κ3) is 6.66. The quantitative estimate of drug-likeness (QED) is 0.232. The zero-order valence-corrected chi connectivity index (χ0v) is 28.4. The lowest BCUT2D eigenvalue weighted by atomic mass is 9.80. The van der Waals surface area contributed by atoms with Crippen LogP contribution in [0.25, 0.3) is 0 Å². The van der Waals surface area contributed by atoms with Gasteiger partial charge < -0.3 is 0 Å². The minimum absolute atomic E-state index is 0.289. The fourth-order valence-corrected chi connectivity index (χ4v) is 12.7. The molecule has 0 bridgehead atoms. The van der Waals surface area contributed by atoms with Gasteiger partial charge in [0, 0.05) is 18.3 Å². The van der Waals surface area contributed by atoms with E-state index in [2.05, 4.69) is 166 Å². The van der Waals surface area contributed by atoms with Crippen molar-refractivity contribution in [2.75, 3.05) is 0 Å². The molecule has 0 aromatic heterocycles. The van der Waals surface area contributed by atoms with E-state index in [1.54, 1.807) is 0 Å². The molecule has 0 radical (unpaired) electrons. The predicted octanol–water partition coefficient (Wildman–Crippen LogP) is 11.1. The Kier molecular flexibility index (Phi) is 9.75. The molecule has 0 heterocycles. The molecule has 0 fully saturated rings. The summed E-state index contributed by atoms with van der Waals surface area (Å²) in [4.78, 5) is 0. The number of benzene rings is 2. The van der Waals surface area contributed by atoms with Crippen LogP contribution in [0.15, 0.2) is 60.7 Å². The zero-order chi connectivity index (χ0) is 22.1. The zero-order valence-electron chi connectivity index (χ0n) is 15.7. The van der Waals surface area contributed by atoms with Crippen molar-refractivity contribution in [1.82, 2.24) is 0 Å². The normalized spacial score (nSPS) is 14.1. The maximum atomic E-state index is 4.00. The Morgan fingerprint density at radius 1 is 0.517 bits per heavy atom. The Balaban J connectivity index is 2.30. The van der Waals surface area contributed by atoms with E-state index in [-0.39, 0.29) is 11.9 Å². The number of hydrogen-bond acceptors (Lipinski definition) is 0. The second-order valence-corrected chi connectivity index (χ2v) is 22.6. The van der Waals surface area contributed by atoms with Crippen LogP contribution < -0.4 is 0 Å². The van der Waals surface area contributed by atoms with Crippen LogP contribution in [0, 0.1) is 5.41 Å². The van der Waals surface area contributed by atoms with E-state index in [9.17, 15) is 0 Å². The van der Waals surface area contributed by atoms with Crippen LogP contribution in [0.5, 0.6) is 0 Å². The molecule has 0 unspecified atom stereocenters. The third-order valence-electron chi connectivity index (χ3n) is 5.11. The van der Waals surface area contributed by atoms with E-state index < -0.39 is 6.47 Å². The molecule has 0 spiro atoms. The fraction of sp³-hybridized carbons (Fsp3) is 0.429. The highest BCUT2D eigenvalue weighted by molar-refractivity contribution is 9.27. The lowest BCUT2D eigenvalue weighted by Crippen LogP contribution is -2.49. The van der Waals surface area contributed by atoms with Gasteiger partial charge in [-0.1, -0.05) is 202 Å². The van der Waals surface area contributed by atoms with Crippen LogP contribution in [0.1, 0.15) is 37.8 Å². The van der Waals surface area contributed by atoms with Gasteiger partial charge in [-0.3, -0.25) is 0 Å². The van der Waals surface area contributed by atoms with E-state index in [4.69, 9.17) is 0 Å². The summed E-state index contributed by atoms with van der Waals surface area (Å²) in [6, 6.07) is 20.7. The van der Waals surface area contributed by atoms with Gasteiger partial charge in [0.05, 0.1) is 6.47 Å². The molecule has 0 aliphatic rings. The number of hydrogen-bond donors (Lipinski definition) is 0. The smallest absolute Gasteiger partial charge is 0.0719 e. The Bertz CT molecular complexity index is 730. The Labute approximate surface area is 241 Å². The third-order valence-corrected chi connectivity index (χ3v) is 13.1. The van der Waals surface area contributed by atoms with Gasteiger partial charge in [-0.15, -0.1) is 0 Å². The highest BCUT2D eigenvalue weighted by Crippen LogP contribution is 2.65. The van der Waals surface area contributed by atoms with Crippen LogP contribution in [-0.2, 0) is 6.47 Å². The monoisotopic (exact) mass is 904 g/mol. The van der Waals surface area contributed by atoms with Crippen molar-refractivity contribution in [2.24, 2.45) is 5.41 Å². The van der Waals surface area contributed by atoms with E-state index >= 15 is 0 Å². The molecular formula is C21H20Br8. The highest BCUT2D eigenvalue weighted by Gasteiger charge is 2.57. The second-order valence-electron chi connectivity index (χ2n) is 7.53. The van der Waals surface area contributed by atoms with Crippen molar-refractivity contribution in [1.29, 1.82) is 0 Å². The van der Waals surface area contributed by atoms with Gasteiger partial charge in [-0.2, -0.15) is 0 Å². The molecule has 0 aliphatic heterocycles. The standard InChI is InChI=1S/C21H20Br8/c1-17(2,20(26,27)13-18(22,23)15-9-5-3-6-10-15)21(28,29)14-19(24,25)16-11-7-4-8-12-16/h3-12H,13-14H2,1-2H3. The van der Waals surface area contributed by atoms with Crippen LogP contribution in [-0.4, -0.2) is 6.47 Å². The summed E-state index contributed by atoms with van der Waals surface area (Å²) in [7, 11) is 0. The van der Waals surface area contributed by atoms with Gasteiger partial charge in [0.2, 0.25) is 0 Å². The second kappa shape index (κ2) is 10.3. The minimum atomic E-state index is -0.421. The highest BCUT2D eigenvalue weighted by atomic mass is 79.9. The molecule has 2 aromatic rings. The van der Waals surface area contributed by atoms with E-state index in [1.165, 1.54) is 0 Å². The molecule has 2 rings (SSSR count). The number of halogens is 8. The molecule has 0 amide bonds. The van der Waals surface area contributed by atoms with Crippen molar-refractivity contribution >= 4 is 127 Å². The van der Waals surface area contributed by atoms with Crippen molar-refractivity contribution in [2.45, 2.75) is 39.6 Å². The van der Waals surface area contributed by atoms with Crippen LogP contribution >= 0.6 is 127 Å². The molecule has 0 atom stereocenters. The summed E-state index contributed by atoms with van der Waals surface area (Å²) in [5.41, 5.74) is 2.03. The minimum Gasteiger partial charge on any atom is -0.0719 e. The van der Waals surface area contributed by atoms with Gasteiger partial charge >= 0.3 is 0 Å². The van der Waals surface area contributed by atoms with Gasteiger partial charge in [0.15, 0.2) is 0 Å².